The Bertz CT molecular complexity index is 242. The summed E-state index contributed by atoms with van der Waals surface area (Å²) < 4.78 is 22.4. The monoisotopic (exact) mass is 236 g/mol. The maximum absolute atomic E-state index is 11.6. The zero-order valence-electron chi connectivity index (χ0n) is 8.42. The van der Waals surface area contributed by atoms with Gasteiger partial charge in [-0.2, -0.15) is 0 Å². The van der Waals surface area contributed by atoms with E-state index < -0.39 is 6.45 Å². The molecule has 0 amide bonds. The lowest BCUT2D eigenvalue weighted by molar-refractivity contribution is 0.00600. The Morgan fingerprint density at radius 2 is 2.50 bits per heavy atom. The molecule has 1 aliphatic rings. The van der Waals surface area contributed by atoms with Crippen LogP contribution >= 0.6 is 18.7 Å². The number of thiol groups is 1. The molecule has 0 aromatic heterocycles. The molecule has 0 aromatic rings. The average molecular weight is 236 g/mol. The second-order valence-electron chi connectivity index (χ2n) is 3.50. The molecule has 1 fully saturated rings. The molecule has 8 heteroatoms. The van der Waals surface area contributed by atoms with Crippen LogP contribution in [0, 0.1) is 0 Å². The van der Waals surface area contributed by atoms with Crippen molar-refractivity contribution in [3.05, 3.63) is 0 Å². The van der Waals surface area contributed by atoms with Crippen LogP contribution in [0.1, 0.15) is 6.42 Å². The van der Waals surface area contributed by atoms with Gasteiger partial charge < -0.3 is 14.4 Å². The standard InChI is InChI=1S/C6H15B2O4PS/c1-8-13(10,14)12-4-2-6(7)11-5(4)3-9/h4-6,8-9H,2-3,7H2,1H3,(H,10,14)/t4-,5-,6-,13?/m1/s1. The van der Waals surface area contributed by atoms with E-state index in [0.717, 1.165) is 0 Å². The third-order valence-electron chi connectivity index (χ3n) is 2.27. The van der Waals surface area contributed by atoms with Crippen LogP contribution in [0.5, 0.6) is 0 Å². The lowest BCUT2D eigenvalue weighted by atomic mass is 9.96. The molecule has 1 aliphatic heterocycles. The fourth-order valence-electron chi connectivity index (χ4n) is 1.48. The van der Waals surface area contributed by atoms with Crippen molar-refractivity contribution in [2.75, 3.05) is 6.61 Å². The van der Waals surface area contributed by atoms with Gasteiger partial charge in [0.05, 0.1) is 12.7 Å². The smallest absolute Gasteiger partial charge is 0.244 e. The average Bonchev–Trinajstić information content (AvgIpc) is 2.45. The van der Waals surface area contributed by atoms with Crippen molar-refractivity contribution in [3.63, 3.8) is 0 Å². The SMILES string of the molecule is B[C@H]1C[C@@H](OP(=O)(S)BC)[C@@H](CO)O1. The Labute approximate surface area is 91.0 Å². The summed E-state index contributed by atoms with van der Waals surface area (Å²) >= 11 is 3.97. The van der Waals surface area contributed by atoms with E-state index in [0.29, 0.717) is 13.4 Å². The fourth-order valence-corrected chi connectivity index (χ4v) is 2.64. The molecule has 80 valence electrons. The van der Waals surface area contributed by atoms with Gasteiger partial charge in [0.1, 0.15) is 14.0 Å². The highest BCUT2D eigenvalue weighted by Crippen LogP contribution is 2.52. The van der Waals surface area contributed by atoms with E-state index in [4.69, 9.17) is 14.4 Å². The molecule has 1 rings (SSSR count). The predicted octanol–water partition coefficient (Wildman–Crippen LogP) is -0.366. The summed E-state index contributed by atoms with van der Waals surface area (Å²) in [4.78, 5) is 0. The Kier molecular flexibility index (Phi) is 4.59. The molecule has 4 atom stereocenters. The Morgan fingerprint density at radius 1 is 1.86 bits per heavy atom. The summed E-state index contributed by atoms with van der Waals surface area (Å²) in [5, 5.41) is 9.00. The van der Waals surface area contributed by atoms with Crippen molar-refractivity contribution in [3.8, 4) is 0 Å². The molecule has 4 nitrogen and oxygen atoms in total. The van der Waals surface area contributed by atoms with Gasteiger partial charge in [-0.05, 0) is 6.42 Å². The van der Waals surface area contributed by atoms with Gasteiger partial charge in [-0.25, -0.2) is 0 Å². The minimum Gasteiger partial charge on any atom is -0.394 e. The number of aliphatic hydroxyl groups is 1. The Hall–Kier alpha value is 0.590. The van der Waals surface area contributed by atoms with E-state index in [1.165, 1.54) is 0 Å². The molecule has 1 unspecified atom stereocenters. The number of rotatable bonds is 4. The van der Waals surface area contributed by atoms with E-state index in [1.807, 2.05) is 7.85 Å². The fraction of sp³-hybridized carbons (Fsp3) is 1.00. The van der Waals surface area contributed by atoms with Crippen LogP contribution in [0.4, 0.5) is 0 Å². The molecule has 0 saturated carbocycles. The summed E-state index contributed by atoms with van der Waals surface area (Å²) in [6.07, 6.45) is -2.79. The lowest BCUT2D eigenvalue weighted by Crippen LogP contribution is -2.26. The summed E-state index contributed by atoms with van der Waals surface area (Å²) in [5.74, 6) is 0. The zero-order chi connectivity index (χ0) is 10.8. The topological polar surface area (TPSA) is 55.8 Å². The Morgan fingerprint density at radius 3 is 3.00 bits per heavy atom. The van der Waals surface area contributed by atoms with Crippen LogP contribution in [0.15, 0.2) is 0 Å². The van der Waals surface area contributed by atoms with Crippen molar-refractivity contribution < 1.29 is 18.9 Å². The van der Waals surface area contributed by atoms with Gasteiger partial charge in [-0.15, -0.1) is 0 Å². The van der Waals surface area contributed by atoms with Crippen molar-refractivity contribution in [1.82, 2.24) is 0 Å². The van der Waals surface area contributed by atoms with E-state index in [2.05, 4.69) is 12.2 Å². The van der Waals surface area contributed by atoms with Gasteiger partial charge in [0.2, 0.25) is 13.4 Å². The van der Waals surface area contributed by atoms with E-state index in [9.17, 15) is 4.57 Å². The third-order valence-corrected chi connectivity index (χ3v) is 4.80. The predicted molar refractivity (Wildman–Crippen MR) is 63.4 cm³/mol. The number of hydrogen-bond acceptors (Lipinski definition) is 4. The van der Waals surface area contributed by atoms with Crippen LogP contribution in [0.25, 0.3) is 0 Å². The van der Waals surface area contributed by atoms with Crippen molar-refractivity contribution >= 4 is 33.5 Å². The van der Waals surface area contributed by atoms with Gasteiger partial charge in [0.15, 0.2) is 0 Å². The number of hydrogen-bond donors (Lipinski definition) is 2. The highest BCUT2D eigenvalue weighted by atomic mass is 32.7. The van der Waals surface area contributed by atoms with Crippen molar-refractivity contribution in [2.45, 2.75) is 31.5 Å². The molecule has 0 aromatic carbocycles. The van der Waals surface area contributed by atoms with Crippen molar-refractivity contribution in [2.24, 2.45) is 0 Å². The van der Waals surface area contributed by atoms with Gasteiger partial charge in [-0.3, -0.25) is 4.57 Å². The summed E-state index contributed by atoms with van der Waals surface area (Å²) in [6.45, 7) is 2.05. The van der Waals surface area contributed by atoms with E-state index >= 15 is 0 Å². The molecule has 1 heterocycles. The van der Waals surface area contributed by atoms with Gasteiger partial charge in [-0.1, -0.05) is 19.1 Å². The molecular formula is C6H15B2O4PS. The molecular weight excluding hydrogens is 221 g/mol. The quantitative estimate of drug-likeness (QED) is 0.397. The van der Waals surface area contributed by atoms with Crippen LogP contribution in [-0.2, 0) is 13.8 Å². The van der Waals surface area contributed by atoms with Crippen LogP contribution < -0.4 is 0 Å². The molecule has 1 saturated heterocycles. The first-order valence-electron chi connectivity index (χ1n) is 4.75. The second kappa shape index (κ2) is 5.08. The van der Waals surface area contributed by atoms with Crippen LogP contribution in [0.3, 0.4) is 0 Å². The largest absolute Gasteiger partial charge is 0.394 e. The second-order valence-corrected chi connectivity index (χ2v) is 7.45. The number of aliphatic hydroxyl groups excluding tert-OH is 1. The minimum atomic E-state index is -2.80. The first-order valence-corrected chi connectivity index (χ1v) is 7.71. The molecule has 1 N–H and O–H groups in total. The van der Waals surface area contributed by atoms with Gasteiger partial charge >= 0.3 is 0 Å². The molecule has 14 heavy (non-hydrogen) atoms. The lowest BCUT2D eigenvalue weighted by Gasteiger charge is -2.20. The molecule has 0 bridgehead atoms. The Balaban J connectivity index is 2.55. The molecule has 0 radical (unpaired) electrons. The van der Waals surface area contributed by atoms with Crippen LogP contribution in [0.2, 0.25) is 6.82 Å². The highest BCUT2D eigenvalue weighted by molar-refractivity contribution is 8.55. The molecule has 0 aliphatic carbocycles. The third kappa shape index (κ3) is 3.31. The van der Waals surface area contributed by atoms with Crippen molar-refractivity contribution in [1.29, 1.82) is 0 Å². The van der Waals surface area contributed by atoms with Gasteiger partial charge in [0.25, 0.3) is 0 Å². The number of ether oxygens (including phenoxy) is 1. The minimum absolute atomic E-state index is 0.0438. The van der Waals surface area contributed by atoms with E-state index in [1.54, 1.807) is 6.82 Å². The summed E-state index contributed by atoms with van der Waals surface area (Å²) in [6, 6.07) is 0.0438. The first kappa shape index (κ1) is 12.7. The maximum atomic E-state index is 11.6. The molecule has 0 spiro atoms. The summed E-state index contributed by atoms with van der Waals surface area (Å²) in [7, 11) is 1.90. The zero-order valence-corrected chi connectivity index (χ0v) is 10.2. The van der Waals surface area contributed by atoms with Crippen LogP contribution in [-0.4, -0.2) is 44.8 Å². The maximum Gasteiger partial charge on any atom is 0.244 e. The first-order chi connectivity index (χ1) is 6.48. The van der Waals surface area contributed by atoms with Gasteiger partial charge in [0, 0.05) is 6.00 Å². The van der Waals surface area contributed by atoms with E-state index in [-0.39, 0.29) is 24.8 Å². The highest BCUT2D eigenvalue weighted by Gasteiger charge is 2.36. The summed E-state index contributed by atoms with van der Waals surface area (Å²) in [5.41, 5.74) is 0. The normalized spacial score (nSPS) is 36.6.